The third-order valence-electron chi connectivity index (χ3n) is 4.10. The molecule has 38 heavy (non-hydrogen) atoms. The summed E-state index contributed by atoms with van der Waals surface area (Å²) in [4.78, 5) is -1.14. The van der Waals surface area contributed by atoms with E-state index in [-0.39, 0.29) is 75.7 Å². The summed E-state index contributed by atoms with van der Waals surface area (Å²) in [6.07, 6.45) is -7.83. The Labute approximate surface area is 241 Å². The van der Waals surface area contributed by atoms with E-state index >= 15 is 0 Å². The third kappa shape index (κ3) is 5.92. The van der Waals surface area contributed by atoms with Crippen LogP contribution >= 0.6 is 0 Å². The Bertz CT molecular complexity index is 1140. The molecule has 0 fully saturated rings. The van der Waals surface area contributed by atoms with Crippen molar-refractivity contribution in [1.29, 1.82) is 0 Å². The standard InChI is InChI=1S/C15H5F17O4S.K/c16-7(8(17)36-5-1-3-6(4-2-5)37(33,34)35)9(18,19)10(20,21)11(22,23)12(24,25)13(26,27)14(28,29)15(30,31)32;/h1-4H,(H,33,34,35);/q;+1/p-1. The van der Waals surface area contributed by atoms with Crippen LogP contribution in [0, 0.1) is 0 Å². The molecule has 0 aliphatic heterocycles. The molecule has 0 heterocycles. The molecule has 0 unspecified atom stereocenters. The van der Waals surface area contributed by atoms with Crippen molar-refractivity contribution in [2.24, 2.45) is 0 Å². The summed E-state index contributed by atoms with van der Waals surface area (Å²) in [5.41, 5.74) is 0. The summed E-state index contributed by atoms with van der Waals surface area (Å²) >= 11 is 0. The van der Waals surface area contributed by atoms with Gasteiger partial charge in [-0.25, -0.2) is 8.42 Å². The molecule has 214 valence electrons. The summed E-state index contributed by atoms with van der Waals surface area (Å²) in [6.45, 7) is 0. The predicted octanol–water partition coefficient (Wildman–Crippen LogP) is 3.46. The Kier molecular flexibility index (Phi) is 10.6. The smallest absolute Gasteiger partial charge is 0.744 e. The van der Waals surface area contributed by atoms with Gasteiger partial charge in [-0.1, -0.05) is 0 Å². The van der Waals surface area contributed by atoms with Gasteiger partial charge in [0.05, 0.1) is 4.90 Å². The monoisotopic (exact) mass is 642 g/mol. The number of hydrogen-bond donors (Lipinski definition) is 0. The van der Waals surface area contributed by atoms with Crippen LogP contribution in [0.15, 0.2) is 41.0 Å². The Morgan fingerprint density at radius 2 is 0.974 bits per heavy atom. The third-order valence-corrected chi connectivity index (χ3v) is 4.95. The van der Waals surface area contributed by atoms with Gasteiger partial charge in [0.2, 0.25) is 5.83 Å². The maximum absolute atomic E-state index is 13.6. The SMILES string of the molecule is O=S(=O)([O-])c1ccc(OC(F)=C(F)C(F)(F)C(F)(F)C(F)(F)C(F)(F)C(F)(F)C(F)(F)C(F)(F)F)cc1.[K+]. The van der Waals surface area contributed by atoms with Crippen molar-refractivity contribution in [2.75, 3.05) is 0 Å². The van der Waals surface area contributed by atoms with Gasteiger partial charge in [0.15, 0.2) is 0 Å². The van der Waals surface area contributed by atoms with E-state index < -0.39 is 74.3 Å². The van der Waals surface area contributed by atoms with Gasteiger partial charge in [0, 0.05) is 0 Å². The fourth-order valence-corrected chi connectivity index (χ4v) is 2.52. The zero-order chi connectivity index (χ0) is 29.8. The Hall–Kier alpha value is -0.884. The number of allylic oxidation sites excluding steroid dienone is 1. The van der Waals surface area contributed by atoms with Crippen LogP contribution in [0.5, 0.6) is 5.75 Å². The van der Waals surface area contributed by atoms with Crippen molar-refractivity contribution in [3.8, 4) is 5.75 Å². The topological polar surface area (TPSA) is 66.4 Å². The molecule has 1 rings (SSSR count). The molecule has 1 aromatic rings. The maximum Gasteiger partial charge on any atom is 1.00 e. The molecular weight excluding hydrogens is 638 g/mol. The first kappa shape index (κ1) is 37.1. The number of alkyl halides is 15. The minimum atomic E-state index is -8.71. The summed E-state index contributed by atoms with van der Waals surface area (Å²) in [6, 6.07) is -3.04. The number of benzene rings is 1. The second-order valence-corrected chi connectivity index (χ2v) is 7.94. The van der Waals surface area contributed by atoms with E-state index in [0.29, 0.717) is 0 Å². The maximum atomic E-state index is 13.6. The average molecular weight is 642 g/mol. The molecule has 1 aromatic carbocycles. The van der Waals surface area contributed by atoms with Crippen molar-refractivity contribution >= 4 is 10.1 Å². The molecule has 0 saturated carbocycles. The van der Waals surface area contributed by atoms with Crippen LogP contribution in [0.2, 0.25) is 0 Å². The molecule has 0 radical (unpaired) electrons. The molecule has 0 amide bonds. The Morgan fingerprint density at radius 3 is 1.32 bits per heavy atom. The van der Waals surface area contributed by atoms with E-state index in [1.807, 2.05) is 0 Å². The Morgan fingerprint density at radius 1 is 0.632 bits per heavy atom. The molecule has 0 aliphatic rings. The van der Waals surface area contributed by atoms with Gasteiger partial charge in [0.25, 0.3) is 0 Å². The minimum Gasteiger partial charge on any atom is -0.744 e. The molecule has 0 atom stereocenters. The molecule has 0 saturated heterocycles. The van der Waals surface area contributed by atoms with Crippen LogP contribution in [0.4, 0.5) is 74.6 Å². The van der Waals surface area contributed by atoms with Crippen LogP contribution in [0.3, 0.4) is 0 Å². The van der Waals surface area contributed by atoms with Gasteiger partial charge < -0.3 is 9.29 Å². The van der Waals surface area contributed by atoms with E-state index in [2.05, 4.69) is 4.74 Å². The van der Waals surface area contributed by atoms with Crippen LogP contribution in [0.1, 0.15) is 0 Å². The van der Waals surface area contributed by atoms with E-state index in [1.165, 1.54) is 0 Å². The normalized spacial score (nSPS) is 15.5. The number of rotatable bonds is 9. The average Bonchev–Trinajstić information content (AvgIpc) is 2.71. The molecule has 0 aromatic heterocycles. The molecule has 0 aliphatic carbocycles. The van der Waals surface area contributed by atoms with Crippen molar-refractivity contribution in [1.82, 2.24) is 0 Å². The summed E-state index contributed by atoms with van der Waals surface area (Å²) in [5.74, 6) is -56.2. The van der Waals surface area contributed by atoms with E-state index in [0.717, 1.165) is 0 Å². The summed E-state index contributed by atoms with van der Waals surface area (Å²) < 4.78 is 258. The van der Waals surface area contributed by atoms with Crippen LogP contribution in [0.25, 0.3) is 0 Å². The van der Waals surface area contributed by atoms with Gasteiger partial charge in [0.1, 0.15) is 15.9 Å². The largest absolute Gasteiger partial charge is 1.00 e. The van der Waals surface area contributed by atoms with E-state index in [9.17, 15) is 87.6 Å². The van der Waals surface area contributed by atoms with Crippen molar-refractivity contribution in [2.45, 2.75) is 46.6 Å². The van der Waals surface area contributed by atoms with Crippen molar-refractivity contribution < 1.29 is 144 Å². The Balaban J connectivity index is 0.0000137. The van der Waals surface area contributed by atoms with Crippen molar-refractivity contribution in [3.63, 3.8) is 0 Å². The molecular formula is C15H4F17KO4S. The molecule has 23 heteroatoms. The summed E-state index contributed by atoms with van der Waals surface area (Å²) in [7, 11) is -5.21. The van der Waals surface area contributed by atoms with Crippen LogP contribution < -0.4 is 56.1 Å². The van der Waals surface area contributed by atoms with Gasteiger partial charge in [-0.2, -0.15) is 74.6 Å². The van der Waals surface area contributed by atoms with Crippen LogP contribution in [-0.2, 0) is 10.1 Å². The zero-order valence-corrected chi connectivity index (χ0v) is 21.2. The summed E-state index contributed by atoms with van der Waals surface area (Å²) in [5, 5.41) is 0. The van der Waals surface area contributed by atoms with E-state index in [1.54, 1.807) is 0 Å². The first-order valence-electron chi connectivity index (χ1n) is 8.15. The number of hydrogen-bond acceptors (Lipinski definition) is 4. The predicted molar refractivity (Wildman–Crippen MR) is 80.0 cm³/mol. The van der Waals surface area contributed by atoms with Gasteiger partial charge in [-0.3, -0.25) is 0 Å². The number of ether oxygens (including phenoxy) is 1. The second-order valence-electron chi connectivity index (χ2n) is 6.56. The molecule has 4 nitrogen and oxygen atoms in total. The minimum absolute atomic E-state index is 0. The fraction of sp³-hybridized carbons (Fsp3) is 0.467. The first-order chi connectivity index (χ1) is 16.0. The van der Waals surface area contributed by atoms with Crippen LogP contribution in [-0.4, -0.2) is 54.7 Å². The first-order valence-corrected chi connectivity index (χ1v) is 9.55. The molecule has 0 spiro atoms. The molecule has 0 N–H and O–H groups in total. The van der Waals surface area contributed by atoms with Gasteiger partial charge in [-0.15, -0.1) is 0 Å². The van der Waals surface area contributed by atoms with Gasteiger partial charge >= 0.3 is 99.1 Å². The quantitative estimate of drug-likeness (QED) is 0.179. The van der Waals surface area contributed by atoms with Crippen molar-refractivity contribution in [3.05, 3.63) is 36.1 Å². The second kappa shape index (κ2) is 10.8. The fourth-order valence-electron chi connectivity index (χ4n) is 2.05. The molecule has 0 bridgehead atoms. The van der Waals surface area contributed by atoms with E-state index in [4.69, 9.17) is 0 Å². The zero-order valence-electron chi connectivity index (χ0n) is 17.3. The van der Waals surface area contributed by atoms with Gasteiger partial charge in [-0.05, 0) is 24.3 Å². The number of halogens is 17.